The molecule has 1 unspecified atom stereocenters. The number of rotatable bonds is 9. The second-order valence-electron chi connectivity index (χ2n) is 5.27. The topological polar surface area (TPSA) is 92.4 Å². The van der Waals surface area contributed by atoms with Crippen LogP contribution in [0, 0.1) is 0 Å². The minimum atomic E-state index is -3.39. The van der Waals surface area contributed by atoms with E-state index >= 15 is 0 Å². The summed E-state index contributed by atoms with van der Waals surface area (Å²) in [5.74, 6) is 0.410. The lowest BCUT2D eigenvalue weighted by Gasteiger charge is -2.22. The van der Waals surface area contributed by atoms with Gasteiger partial charge in [-0.05, 0) is 25.5 Å². The Morgan fingerprint density at radius 2 is 2.05 bits per heavy atom. The highest BCUT2D eigenvalue weighted by molar-refractivity contribution is 8.00. The number of hydrogen-bond donors (Lipinski definition) is 3. The quantitative estimate of drug-likeness (QED) is 0.474. The van der Waals surface area contributed by atoms with Crippen molar-refractivity contribution in [3.8, 4) is 0 Å². The van der Waals surface area contributed by atoms with Crippen LogP contribution in [0.25, 0.3) is 0 Å². The predicted octanol–water partition coefficient (Wildman–Crippen LogP) is 1.83. The zero-order chi connectivity index (χ0) is 15.9. The molecule has 0 aliphatic rings. The van der Waals surface area contributed by atoms with Gasteiger partial charge >= 0.3 is 0 Å². The molecule has 0 aromatic heterocycles. The van der Waals surface area contributed by atoms with Crippen molar-refractivity contribution < 1.29 is 13.5 Å². The van der Waals surface area contributed by atoms with Gasteiger partial charge in [0.2, 0.25) is 10.0 Å². The van der Waals surface area contributed by atoms with Crippen molar-refractivity contribution in [2.24, 2.45) is 0 Å². The number of aliphatic hydroxyl groups is 1. The van der Waals surface area contributed by atoms with E-state index in [-0.39, 0.29) is 12.3 Å². The van der Waals surface area contributed by atoms with Crippen molar-refractivity contribution in [2.45, 2.75) is 37.2 Å². The average molecular weight is 332 g/mol. The van der Waals surface area contributed by atoms with Crippen molar-refractivity contribution in [3.63, 3.8) is 0 Å². The fourth-order valence-electron chi connectivity index (χ4n) is 1.84. The van der Waals surface area contributed by atoms with E-state index in [1.807, 2.05) is 25.1 Å². The van der Waals surface area contributed by atoms with Crippen LogP contribution < -0.4 is 10.5 Å². The van der Waals surface area contributed by atoms with E-state index in [0.717, 1.165) is 11.3 Å². The first-order chi connectivity index (χ1) is 9.76. The highest BCUT2D eigenvalue weighted by Gasteiger charge is 2.22. The van der Waals surface area contributed by atoms with Gasteiger partial charge in [-0.1, -0.05) is 25.5 Å². The fraction of sp³-hybridized carbons (Fsp3) is 0.571. The van der Waals surface area contributed by atoms with Crippen LogP contribution in [0.15, 0.2) is 29.2 Å². The van der Waals surface area contributed by atoms with Crippen molar-refractivity contribution in [3.05, 3.63) is 24.3 Å². The predicted molar refractivity (Wildman–Crippen MR) is 88.9 cm³/mol. The average Bonchev–Trinajstić information content (AvgIpc) is 2.39. The van der Waals surface area contributed by atoms with Crippen molar-refractivity contribution >= 4 is 27.5 Å². The van der Waals surface area contributed by atoms with Gasteiger partial charge < -0.3 is 10.8 Å². The van der Waals surface area contributed by atoms with Gasteiger partial charge in [-0.3, -0.25) is 0 Å². The SMILES string of the molecule is CCCC(C)(O)CNS(=O)(=O)CCSc1ccccc1N. The molecule has 4 N–H and O–H groups in total. The van der Waals surface area contributed by atoms with Crippen molar-refractivity contribution in [2.75, 3.05) is 23.8 Å². The van der Waals surface area contributed by atoms with E-state index in [0.29, 0.717) is 17.9 Å². The van der Waals surface area contributed by atoms with E-state index in [9.17, 15) is 13.5 Å². The highest BCUT2D eigenvalue weighted by atomic mass is 32.2. The second-order valence-corrected chi connectivity index (χ2v) is 8.34. The third kappa shape index (κ3) is 7.17. The molecule has 0 saturated heterocycles. The number of nitrogen functional groups attached to an aromatic ring is 1. The van der Waals surface area contributed by atoms with Crippen LogP contribution in [0.2, 0.25) is 0 Å². The van der Waals surface area contributed by atoms with Gasteiger partial charge in [0.05, 0.1) is 11.4 Å². The number of anilines is 1. The lowest BCUT2D eigenvalue weighted by molar-refractivity contribution is 0.0554. The molecule has 0 aliphatic carbocycles. The van der Waals surface area contributed by atoms with Crippen molar-refractivity contribution in [1.29, 1.82) is 0 Å². The molecule has 1 rings (SSSR count). The Bertz CT molecular complexity index is 545. The number of nitrogens with two attached hydrogens (primary N) is 1. The summed E-state index contributed by atoms with van der Waals surface area (Å²) in [7, 11) is -3.39. The molecule has 0 heterocycles. The Morgan fingerprint density at radius 3 is 2.67 bits per heavy atom. The van der Waals surface area contributed by atoms with E-state index in [4.69, 9.17) is 5.73 Å². The molecule has 1 aromatic carbocycles. The second kappa shape index (κ2) is 8.03. The first kappa shape index (κ1) is 18.3. The van der Waals surface area contributed by atoms with Crippen molar-refractivity contribution in [1.82, 2.24) is 4.72 Å². The van der Waals surface area contributed by atoms with Gasteiger partial charge in [-0.2, -0.15) is 0 Å². The molecule has 0 amide bonds. The first-order valence-corrected chi connectivity index (χ1v) is 9.56. The van der Waals surface area contributed by atoms with E-state index in [1.54, 1.807) is 13.0 Å². The molecular formula is C14H24N2O3S2. The van der Waals surface area contributed by atoms with Crippen LogP contribution in [-0.2, 0) is 10.0 Å². The number of nitrogens with one attached hydrogen (secondary N) is 1. The van der Waals surface area contributed by atoms with Crippen LogP contribution in [0.1, 0.15) is 26.7 Å². The van der Waals surface area contributed by atoms with Gasteiger partial charge in [0.1, 0.15) is 0 Å². The Kier molecular flexibility index (Phi) is 6.99. The molecular weight excluding hydrogens is 308 g/mol. The maximum absolute atomic E-state index is 11.9. The Labute approximate surface area is 131 Å². The fourth-order valence-corrected chi connectivity index (χ4v) is 4.35. The number of sulfonamides is 1. The molecule has 1 aromatic rings. The summed E-state index contributed by atoms with van der Waals surface area (Å²) < 4.78 is 26.2. The molecule has 5 nitrogen and oxygen atoms in total. The maximum atomic E-state index is 11.9. The zero-order valence-electron chi connectivity index (χ0n) is 12.5. The van der Waals surface area contributed by atoms with Gasteiger partial charge in [-0.25, -0.2) is 13.1 Å². The van der Waals surface area contributed by atoms with Crippen LogP contribution >= 0.6 is 11.8 Å². The summed E-state index contributed by atoms with van der Waals surface area (Å²) in [5, 5.41) is 9.97. The lowest BCUT2D eigenvalue weighted by atomic mass is 10.0. The largest absolute Gasteiger partial charge is 0.398 e. The third-order valence-corrected chi connectivity index (χ3v) is 5.67. The van der Waals surface area contributed by atoms with Gasteiger partial charge in [0.15, 0.2) is 0 Å². The molecule has 7 heteroatoms. The van der Waals surface area contributed by atoms with Gasteiger partial charge in [0, 0.05) is 22.9 Å². The third-order valence-electron chi connectivity index (χ3n) is 2.99. The summed E-state index contributed by atoms with van der Waals surface area (Å²) >= 11 is 1.41. The highest BCUT2D eigenvalue weighted by Crippen LogP contribution is 2.24. The summed E-state index contributed by atoms with van der Waals surface area (Å²) in [6.45, 7) is 3.63. The molecule has 0 aliphatic heterocycles. The summed E-state index contributed by atoms with van der Waals surface area (Å²) in [6, 6.07) is 7.37. The summed E-state index contributed by atoms with van der Waals surface area (Å²) in [4.78, 5) is 0.880. The molecule has 1 atom stereocenters. The smallest absolute Gasteiger partial charge is 0.212 e. The lowest BCUT2D eigenvalue weighted by Crippen LogP contribution is -2.41. The summed E-state index contributed by atoms with van der Waals surface area (Å²) in [6.07, 6.45) is 1.36. The molecule has 0 radical (unpaired) electrons. The van der Waals surface area contributed by atoms with Gasteiger partial charge in [-0.15, -0.1) is 11.8 Å². The van der Waals surface area contributed by atoms with Crippen LogP contribution in [0.4, 0.5) is 5.69 Å². The van der Waals surface area contributed by atoms with Crippen LogP contribution in [-0.4, -0.2) is 37.2 Å². The monoisotopic (exact) mass is 332 g/mol. The molecule has 120 valence electrons. The number of para-hydroxylation sites is 1. The number of benzene rings is 1. The number of thioether (sulfide) groups is 1. The molecule has 21 heavy (non-hydrogen) atoms. The Morgan fingerprint density at radius 1 is 1.38 bits per heavy atom. The van der Waals surface area contributed by atoms with Crippen LogP contribution in [0.3, 0.4) is 0 Å². The van der Waals surface area contributed by atoms with Gasteiger partial charge in [0.25, 0.3) is 0 Å². The normalized spacial score (nSPS) is 14.8. The Balaban J connectivity index is 2.42. The van der Waals surface area contributed by atoms with Crippen LogP contribution in [0.5, 0.6) is 0 Å². The Hall–Kier alpha value is -0.760. The van der Waals surface area contributed by atoms with E-state index in [2.05, 4.69) is 4.72 Å². The summed E-state index contributed by atoms with van der Waals surface area (Å²) in [5.41, 5.74) is 5.45. The molecule has 0 saturated carbocycles. The minimum absolute atomic E-state index is 0.00575. The molecule has 0 spiro atoms. The van der Waals surface area contributed by atoms with E-state index < -0.39 is 15.6 Å². The maximum Gasteiger partial charge on any atom is 0.212 e. The number of hydrogen-bond acceptors (Lipinski definition) is 5. The minimum Gasteiger partial charge on any atom is -0.398 e. The standard InChI is InChI=1S/C14H24N2O3S2/c1-3-8-14(2,17)11-16-21(18,19)10-9-20-13-7-5-4-6-12(13)15/h4-7,16-17H,3,8-11,15H2,1-2H3. The first-order valence-electron chi connectivity index (χ1n) is 6.93. The molecule has 0 fully saturated rings. The molecule has 0 bridgehead atoms. The zero-order valence-corrected chi connectivity index (χ0v) is 14.1. The van der Waals surface area contributed by atoms with E-state index in [1.165, 1.54) is 11.8 Å².